The van der Waals surface area contributed by atoms with E-state index in [4.69, 9.17) is 9.47 Å². The smallest absolute Gasteiger partial charge is 0.227 e. The van der Waals surface area contributed by atoms with Crippen LogP contribution in [0.2, 0.25) is 0 Å². The predicted octanol–water partition coefficient (Wildman–Crippen LogP) is 3.87. The molecule has 4 aliphatic rings. The number of likely N-dealkylation sites (tertiary alicyclic amines) is 1. The van der Waals surface area contributed by atoms with Gasteiger partial charge in [0.15, 0.2) is 5.72 Å². The molecule has 3 heterocycles. The predicted molar refractivity (Wildman–Crippen MR) is 116 cm³/mol. The van der Waals surface area contributed by atoms with Crippen molar-refractivity contribution in [3.8, 4) is 5.75 Å². The molecule has 160 valence electrons. The first-order valence-corrected chi connectivity index (χ1v) is 11.3. The Bertz CT molecular complexity index is 871. The summed E-state index contributed by atoms with van der Waals surface area (Å²) in [5.41, 5.74) is 2.03. The summed E-state index contributed by atoms with van der Waals surface area (Å²) < 4.78 is 12.0. The zero-order chi connectivity index (χ0) is 20.7. The fourth-order valence-electron chi connectivity index (χ4n) is 5.95. The standard InChI is InChI=1S/C25H32N2O3/c1-25-23(16-24(28)27(25)21(17-30-25)19-8-4-3-5-9-19)26-14-12-18(13-15-26)20-10-6-7-11-22(20)29-2/h4,6-11,18,21,23H,3,5,12-17H2,1-2H3/t21-,23-,25-/m1/s1. The van der Waals surface area contributed by atoms with Gasteiger partial charge in [-0.25, -0.2) is 0 Å². The summed E-state index contributed by atoms with van der Waals surface area (Å²) >= 11 is 0. The number of allylic oxidation sites excluding steroid dienone is 2. The molecule has 1 amide bonds. The minimum absolute atomic E-state index is 0.0650. The van der Waals surface area contributed by atoms with Gasteiger partial charge in [-0.1, -0.05) is 36.4 Å². The van der Waals surface area contributed by atoms with Crippen molar-refractivity contribution >= 4 is 5.91 Å². The van der Waals surface area contributed by atoms with Crippen LogP contribution in [0.1, 0.15) is 50.5 Å². The SMILES string of the molecule is COc1ccccc1C1CCN([C@@H]2CC(=O)N3[C@@H](C4=CCCC=C4)CO[C@]23C)CC1. The number of amides is 1. The van der Waals surface area contributed by atoms with E-state index in [9.17, 15) is 4.79 Å². The number of piperidine rings is 1. The van der Waals surface area contributed by atoms with Crippen LogP contribution < -0.4 is 4.74 Å². The molecular weight excluding hydrogens is 376 g/mol. The van der Waals surface area contributed by atoms with Crippen molar-refractivity contribution in [1.82, 2.24) is 9.80 Å². The molecule has 0 spiro atoms. The van der Waals surface area contributed by atoms with E-state index in [0.29, 0.717) is 18.9 Å². The van der Waals surface area contributed by atoms with Crippen molar-refractivity contribution in [2.45, 2.75) is 62.8 Å². The van der Waals surface area contributed by atoms with Gasteiger partial charge in [0, 0.05) is 6.42 Å². The lowest BCUT2D eigenvalue weighted by molar-refractivity contribution is -0.139. The van der Waals surface area contributed by atoms with Crippen LogP contribution in [0.25, 0.3) is 0 Å². The van der Waals surface area contributed by atoms with Gasteiger partial charge < -0.3 is 14.4 Å². The summed E-state index contributed by atoms with van der Waals surface area (Å²) in [7, 11) is 1.75. The Morgan fingerprint density at radius 2 is 1.97 bits per heavy atom. The van der Waals surface area contributed by atoms with Crippen molar-refractivity contribution in [2.24, 2.45) is 0 Å². The van der Waals surface area contributed by atoms with E-state index in [1.807, 2.05) is 11.0 Å². The van der Waals surface area contributed by atoms with E-state index >= 15 is 0 Å². The van der Waals surface area contributed by atoms with Gasteiger partial charge >= 0.3 is 0 Å². The largest absolute Gasteiger partial charge is 0.496 e. The third-order valence-electron chi connectivity index (χ3n) is 7.54. The molecule has 5 heteroatoms. The minimum atomic E-state index is -0.523. The van der Waals surface area contributed by atoms with Crippen LogP contribution in [0.3, 0.4) is 0 Å². The zero-order valence-electron chi connectivity index (χ0n) is 18.0. The number of hydrogen-bond acceptors (Lipinski definition) is 4. The number of carbonyl (C=O) groups excluding carboxylic acids is 1. The van der Waals surface area contributed by atoms with Crippen LogP contribution >= 0.6 is 0 Å². The van der Waals surface area contributed by atoms with Crippen LogP contribution in [0, 0.1) is 0 Å². The van der Waals surface area contributed by atoms with Crippen LogP contribution in [-0.2, 0) is 9.53 Å². The quantitative estimate of drug-likeness (QED) is 0.759. The second kappa shape index (κ2) is 7.86. The fourth-order valence-corrected chi connectivity index (χ4v) is 5.95. The molecule has 3 aliphatic heterocycles. The Morgan fingerprint density at radius 1 is 1.17 bits per heavy atom. The lowest BCUT2D eigenvalue weighted by atomic mass is 9.87. The van der Waals surface area contributed by atoms with Gasteiger partial charge in [-0.2, -0.15) is 0 Å². The summed E-state index contributed by atoms with van der Waals surface area (Å²) in [5, 5.41) is 0. The van der Waals surface area contributed by atoms with E-state index in [1.165, 1.54) is 11.1 Å². The molecule has 5 nitrogen and oxygen atoms in total. The first-order chi connectivity index (χ1) is 14.6. The number of benzene rings is 1. The highest BCUT2D eigenvalue weighted by Crippen LogP contribution is 2.45. The van der Waals surface area contributed by atoms with Gasteiger partial charge in [0.2, 0.25) is 5.91 Å². The molecule has 1 aliphatic carbocycles. The first kappa shape index (κ1) is 19.8. The lowest BCUT2D eigenvalue weighted by Gasteiger charge is -2.42. The second-order valence-corrected chi connectivity index (χ2v) is 9.10. The fraction of sp³-hybridized carbons (Fsp3) is 0.560. The van der Waals surface area contributed by atoms with Crippen molar-refractivity contribution < 1.29 is 14.3 Å². The normalized spacial score (nSPS) is 32.4. The molecule has 0 bridgehead atoms. The van der Waals surface area contributed by atoms with Gasteiger partial charge in [-0.05, 0) is 68.8 Å². The Kier molecular flexibility index (Phi) is 5.19. The summed E-state index contributed by atoms with van der Waals surface area (Å²) in [4.78, 5) is 17.6. The van der Waals surface area contributed by atoms with Crippen molar-refractivity contribution in [3.63, 3.8) is 0 Å². The van der Waals surface area contributed by atoms with Crippen molar-refractivity contribution in [3.05, 3.63) is 53.6 Å². The van der Waals surface area contributed by atoms with Gasteiger partial charge in [-0.15, -0.1) is 0 Å². The van der Waals surface area contributed by atoms with E-state index < -0.39 is 5.72 Å². The molecule has 5 rings (SSSR count). The highest BCUT2D eigenvalue weighted by molar-refractivity contribution is 5.82. The third kappa shape index (κ3) is 3.19. The molecule has 3 saturated heterocycles. The Hall–Kier alpha value is -2.11. The Labute approximate surface area is 179 Å². The van der Waals surface area contributed by atoms with Crippen molar-refractivity contribution in [2.75, 3.05) is 26.8 Å². The topological polar surface area (TPSA) is 42.0 Å². The maximum Gasteiger partial charge on any atom is 0.227 e. The number of para-hydroxylation sites is 1. The molecule has 0 unspecified atom stereocenters. The zero-order valence-corrected chi connectivity index (χ0v) is 18.0. The molecule has 3 fully saturated rings. The molecular formula is C25H32N2O3. The first-order valence-electron chi connectivity index (χ1n) is 11.3. The van der Waals surface area contributed by atoms with Gasteiger partial charge in [0.25, 0.3) is 0 Å². The van der Waals surface area contributed by atoms with Crippen LogP contribution in [0.15, 0.2) is 48.1 Å². The van der Waals surface area contributed by atoms with E-state index in [2.05, 4.69) is 48.3 Å². The minimum Gasteiger partial charge on any atom is -0.496 e. The number of carbonyl (C=O) groups is 1. The number of ether oxygens (including phenoxy) is 2. The third-order valence-corrected chi connectivity index (χ3v) is 7.54. The van der Waals surface area contributed by atoms with Crippen LogP contribution in [0.4, 0.5) is 0 Å². The summed E-state index contributed by atoms with van der Waals surface area (Å²) in [6.45, 7) is 4.70. The summed E-state index contributed by atoms with van der Waals surface area (Å²) in [6.07, 6.45) is 11.5. The molecule has 0 aromatic heterocycles. The van der Waals surface area contributed by atoms with E-state index in [0.717, 1.165) is 44.5 Å². The van der Waals surface area contributed by atoms with Crippen LogP contribution in [0.5, 0.6) is 5.75 Å². The molecule has 1 aromatic rings. The highest BCUT2D eigenvalue weighted by atomic mass is 16.5. The maximum absolute atomic E-state index is 13.1. The highest BCUT2D eigenvalue weighted by Gasteiger charge is 2.59. The lowest BCUT2D eigenvalue weighted by Crippen LogP contribution is -2.55. The monoisotopic (exact) mass is 408 g/mol. The average Bonchev–Trinajstić information content (AvgIpc) is 3.28. The molecule has 3 atom stereocenters. The molecule has 30 heavy (non-hydrogen) atoms. The molecule has 0 N–H and O–H groups in total. The van der Waals surface area contributed by atoms with Crippen LogP contribution in [-0.4, -0.2) is 60.3 Å². The van der Waals surface area contributed by atoms with Gasteiger partial charge in [0.05, 0.1) is 25.8 Å². The molecule has 1 aromatic carbocycles. The average molecular weight is 409 g/mol. The van der Waals surface area contributed by atoms with Crippen molar-refractivity contribution in [1.29, 1.82) is 0 Å². The Morgan fingerprint density at radius 3 is 2.70 bits per heavy atom. The second-order valence-electron chi connectivity index (χ2n) is 9.10. The summed E-state index contributed by atoms with van der Waals surface area (Å²) in [6, 6.07) is 8.56. The number of methoxy groups -OCH3 is 1. The summed E-state index contributed by atoms with van der Waals surface area (Å²) in [5.74, 6) is 1.73. The number of fused-ring (bicyclic) bond motifs is 1. The maximum atomic E-state index is 13.1. The number of hydrogen-bond donors (Lipinski definition) is 0. The molecule has 0 saturated carbocycles. The van der Waals surface area contributed by atoms with Gasteiger partial charge in [-0.3, -0.25) is 9.69 Å². The van der Waals surface area contributed by atoms with E-state index in [1.54, 1.807) is 7.11 Å². The van der Waals surface area contributed by atoms with Gasteiger partial charge in [0.1, 0.15) is 5.75 Å². The number of nitrogens with zero attached hydrogens (tertiary/aromatic N) is 2. The molecule has 0 radical (unpaired) electrons. The number of rotatable bonds is 4. The van der Waals surface area contributed by atoms with E-state index in [-0.39, 0.29) is 18.0 Å². The Balaban J connectivity index is 1.30.